The van der Waals surface area contributed by atoms with Gasteiger partial charge >= 0.3 is 0 Å². The molecule has 3 aromatic heterocycles. The van der Waals surface area contributed by atoms with Crippen LogP contribution in [0, 0.1) is 11.3 Å². The van der Waals surface area contributed by atoms with Gasteiger partial charge in [-0.2, -0.15) is 14.8 Å². The average molecular weight is 519 g/mol. The molecule has 11 heteroatoms. The molecule has 3 aromatic rings. The molecular weight excluding hydrogens is 484 g/mol. The normalized spacial score (nSPS) is 19.8. The molecule has 11 nitrogen and oxygen atoms in total. The van der Waals surface area contributed by atoms with Crippen molar-refractivity contribution in [3.8, 4) is 11.9 Å². The summed E-state index contributed by atoms with van der Waals surface area (Å²) in [6, 6.07) is 7.25. The lowest BCUT2D eigenvalue weighted by Gasteiger charge is -2.28. The summed E-state index contributed by atoms with van der Waals surface area (Å²) in [4.78, 5) is 24.1. The molecule has 1 amide bonds. The smallest absolute Gasteiger partial charge is 0.259 e. The third kappa shape index (κ3) is 5.50. The monoisotopic (exact) mass is 518 g/mol. The summed E-state index contributed by atoms with van der Waals surface area (Å²) >= 11 is 0. The number of fused-ring (bicyclic) bond motifs is 1. The number of aliphatic hydroxyl groups is 1. The van der Waals surface area contributed by atoms with Gasteiger partial charge in [0.05, 0.1) is 24.0 Å². The molecule has 1 saturated carbocycles. The predicted octanol–water partition coefficient (Wildman–Crippen LogP) is 3.87. The number of nitrogens with one attached hydrogen (secondary N) is 2. The number of anilines is 3. The number of carbonyl (C=O) groups excluding carboxylic acids is 1. The highest BCUT2D eigenvalue weighted by atomic mass is 16.5. The van der Waals surface area contributed by atoms with Crippen molar-refractivity contribution in [2.75, 3.05) is 23.7 Å². The molecule has 200 valence electrons. The van der Waals surface area contributed by atoms with Crippen LogP contribution in [0.3, 0.4) is 0 Å². The van der Waals surface area contributed by atoms with E-state index in [0.717, 1.165) is 51.6 Å². The maximum Gasteiger partial charge on any atom is 0.259 e. The maximum atomic E-state index is 13.2. The summed E-state index contributed by atoms with van der Waals surface area (Å²) in [6.07, 6.45) is 6.59. The Morgan fingerprint density at radius 1 is 1.16 bits per heavy atom. The van der Waals surface area contributed by atoms with Crippen LogP contribution in [-0.2, 0) is 0 Å². The lowest BCUT2D eigenvalue weighted by Crippen LogP contribution is -2.36. The first-order valence-electron chi connectivity index (χ1n) is 13.2. The van der Waals surface area contributed by atoms with Gasteiger partial charge in [-0.3, -0.25) is 4.79 Å². The van der Waals surface area contributed by atoms with Crippen molar-refractivity contribution in [2.45, 2.75) is 77.0 Å². The topological polar surface area (TPSA) is 141 Å². The SMILES string of the molecule is CC(C)(C)Oc1nc(Nc2cc(N[C@H]3CCCC[C@@H]3O)nn3c(C#N)cnc23)ccc1C(=O)N1CCCC1. The Bertz CT molecular complexity index is 1370. The minimum atomic E-state index is -0.557. The first-order valence-corrected chi connectivity index (χ1v) is 13.2. The van der Waals surface area contributed by atoms with Gasteiger partial charge in [0, 0.05) is 19.2 Å². The number of hydrogen-bond donors (Lipinski definition) is 3. The molecule has 4 heterocycles. The average Bonchev–Trinajstić information content (AvgIpc) is 3.55. The van der Waals surface area contributed by atoms with E-state index in [1.807, 2.05) is 25.7 Å². The standard InChI is InChI=1S/C27H34N8O3/c1-27(2,3)38-25-18(26(37)34-12-6-7-13-34)10-11-22(32-25)31-20-14-23(30-19-8-4-5-9-21(19)36)33-35-17(15-28)16-29-24(20)35/h10-11,14,16,19,21,36H,4-9,12-13H2,1-3H3,(H,30,33)(H,31,32)/t19-,21-/m0/s1. The number of aromatic nitrogens is 4. The van der Waals surface area contributed by atoms with Gasteiger partial charge < -0.3 is 25.4 Å². The van der Waals surface area contributed by atoms with Crippen molar-refractivity contribution in [1.82, 2.24) is 24.5 Å². The Balaban J connectivity index is 1.50. The van der Waals surface area contributed by atoms with Crippen molar-refractivity contribution in [3.05, 3.63) is 35.7 Å². The third-order valence-electron chi connectivity index (χ3n) is 6.79. The number of pyridine rings is 1. The number of aliphatic hydroxyl groups excluding tert-OH is 1. The van der Waals surface area contributed by atoms with Crippen molar-refractivity contribution < 1.29 is 14.6 Å². The van der Waals surface area contributed by atoms with E-state index in [4.69, 9.17) is 4.74 Å². The molecule has 0 radical (unpaired) electrons. The van der Waals surface area contributed by atoms with Crippen LogP contribution < -0.4 is 15.4 Å². The molecule has 0 aromatic carbocycles. The highest BCUT2D eigenvalue weighted by Crippen LogP contribution is 2.30. The zero-order valence-corrected chi connectivity index (χ0v) is 22.1. The molecule has 1 aliphatic carbocycles. The molecule has 3 N–H and O–H groups in total. The van der Waals surface area contributed by atoms with E-state index >= 15 is 0 Å². The van der Waals surface area contributed by atoms with Crippen LogP contribution in [0.5, 0.6) is 5.88 Å². The molecule has 2 fully saturated rings. The van der Waals surface area contributed by atoms with Gasteiger partial charge in [-0.1, -0.05) is 12.8 Å². The predicted molar refractivity (Wildman–Crippen MR) is 143 cm³/mol. The minimum Gasteiger partial charge on any atom is -0.471 e. The van der Waals surface area contributed by atoms with Gasteiger partial charge in [-0.15, -0.1) is 5.10 Å². The minimum absolute atomic E-state index is 0.0865. The van der Waals surface area contributed by atoms with E-state index < -0.39 is 11.7 Å². The summed E-state index contributed by atoms with van der Waals surface area (Å²) in [5, 5.41) is 31.2. The second-order valence-electron chi connectivity index (χ2n) is 10.9. The van der Waals surface area contributed by atoms with Gasteiger partial charge in [0.2, 0.25) is 5.88 Å². The largest absolute Gasteiger partial charge is 0.471 e. The molecule has 5 rings (SSSR count). The van der Waals surface area contributed by atoms with E-state index in [2.05, 4.69) is 31.8 Å². The summed E-state index contributed by atoms with van der Waals surface area (Å²) in [5.74, 6) is 1.14. The summed E-state index contributed by atoms with van der Waals surface area (Å²) in [6.45, 7) is 7.20. The van der Waals surface area contributed by atoms with Crippen LogP contribution in [0.2, 0.25) is 0 Å². The molecule has 1 saturated heterocycles. The van der Waals surface area contributed by atoms with Gasteiger partial charge in [-0.05, 0) is 58.6 Å². The number of imidazole rings is 1. The summed E-state index contributed by atoms with van der Waals surface area (Å²) in [7, 11) is 0. The van der Waals surface area contributed by atoms with Crippen molar-refractivity contribution >= 4 is 28.9 Å². The number of rotatable bonds is 6. The van der Waals surface area contributed by atoms with Crippen LogP contribution in [0.25, 0.3) is 5.65 Å². The number of amides is 1. The fraction of sp³-hybridized carbons (Fsp3) is 0.519. The molecule has 1 aliphatic heterocycles. The van der Waals surface area contributed by atoms with Crippen LogP contribution in [0.4, 0.5) is 17.3 Å². The Morgan fingerprint density at radius 3 is 2.63 bits per heavy atom. The first-order chi connectivity index (χ1) is 18.2. The highest BCUT2D eigenvalue weighted by molar-refractivity contribution is 5.97. The molecule has 2 atom stereocenters. The van der Waals surface area contributed by atoms with Gasteiger partial charge in [0.25, 0.3) is 5.91 Å². The van der Waals surface area contributed by atoms with Crippen molar-refractivity contribution in [3.63, 3.8) is 0 Å². The third-order valence-corrected chi connectivity index (χ3v) is 6.79. The molecule has 0 spiro atoms. The lowest BCUT2D eigenvalue weighted by atomic mass is 9.92. The van der Waals surface area contributed by atoms with Gasteiger partial charge in [0.1, 0.15) is 28.9 Å². The quantitative estimate of drug-likeness (QED) is 0.443. The Morgan fingerprint density at radius 2 is 1.92 bits per heavy atom. The van der Waals surface area contributed by atoms with Crippen molar-refractivity contribution in [2.24, 2.45) is 0 Å². The second kappa shape index (κ2) is 10.5. The van der Waals surface area contributed by atoms with E-state index in [1.165, 1.54) is 10.7 Å². The summed E-state index contributed by atoms with van der Waals surface area (Å²) < 4.78 is 7.59. The van der Waals surface area contributed by atoms with E-state index in [1.54, 1.807) is 18.2 Å². The van der Waals surface area contributed by atoms with E-state index in [0.29, 0.717) is 28.5 Å². The first kappa shape index (κ1) is 25.7. The van der Waals surface area contributed by atoms with Gasteiger partial charge in [0.15, 0.2) is 11.3 Å². The maximum absolute atomic E-state index is 13.2. The Labute approximate surface area is 221 Å². The second-order valence-corrected chi connectivity index (χ2v) is 10.9. The summed E-state index contributed by atoms with van der Waals surface area (Å²) in [5.41, 5.74) is 1.18. The van der Waals surface area contributed by atoms with Crippen LogP contribution in [-0.4, -0.2) is 66.3 Å². The molecule has 0 unspecified atom stereocenters. The van der Waals surface area contributed by atoms with Gasteiger partial charge in [-0.25, -0.2) is 4.98 Å². The van der Waals surface area contributed by atoms with E-state index in [9.17, 15) is 15.2 Å². The highest BCUT2D eigenvalue weighted by Gasteiger charge is 2.27. The molecule has 2 aliphatic rings. The number of carbonyl (C=O) groups is 1. The fourth-order valence-electron chi connectivity index (χ4n) is 4.95. The number of ether oxygens (including phenoxy) is 1. The van der Waals surface area contributed by atoms with Crippen LogP contribution in [0.1, 0.15) is 75.3 Å². The zero-order chi connectivity index (χ0) is 26.9. The molecule has 38 heavy (non-hydrogen) atoms. The van der Waals surface area contributed by atoms with E-state index in [-0.39, 0.29) is 23.5 Å². The fourth-order valence-corrected chi connectivity index (χ4v) is 4.95. The van der Waals surface area contributed by atoms with Crippen LogP contribution in [0.15, 0.2) is 24.4 Å². The molecule has 0 bridgehead atoms. The zero-order valence-electron chi connectivity index (χ0n) is 22.1. The Kier molecular flexibility index (Phi) is 7.08. The van der Waals surface area contributed by atoms with Crippen molar-refractivity contribution in [1.29, 1.82) is 5.26 Å². The number of nitriles is 1. The lowest BCUT2D eigenvalue weighted by molar-refractivity contribution is 0.0771. The molecular formula is C27H34N8O3. The number of nitrogens with zero attached hydrogens (tertiary/aromatic N) is 6. The number of hydrogen-bond acceptors (Lipinski definition) is 9. The Hall–Kier alpha value is -3.91. The number of likely N-dealkylation sites (tertiary alicyclic amines) is 1. The van der Waals surface area contributed by atoms with Crippen LogP contribution >= 0.6 is 0 Å².